The number of aryl methyl sites for hydroxylation is 1. The molecule has 1 heterocycles. The number of carbonyl (C=O) groups is 2. The number of methoxy groups -OCH3 is 1. The number of benzene rings is 3. The van der Waals surface area contributed by atoms with Gasteiger partial charge in [0.2, 0.25) is 5.91 Å². The summed E-state index contributed by atoms with van der Waals surface area (Å²) in [5, 5.41) is 12.6. The molecule has 4 rings (SSSR count). The van der Waals surface area contributed by atoms with Crippen LogP contribution in [-0.2, 0) is 22.5 Å². The molecule has 0 aliphatic carbocycles. The second-order valence-electron chi connectivity index (χ2n) is 11.9. The van der Waals surface area contributed by atoms with E-state index in [2.05, 4.69) is 12.2 Å². The molecule has 9 heteroatoms. The highest BCUT2D eigenvalue weighted by Gasteiger charge is 2.50. The molecule has 3 aromatic carbocycles. The van der Waals surface area contributed by atoms with E-state index in [0.717, 1.165) is 24.0 Å². The first-order valence-corrected chi connectivity index (χ1v) is 18.0. The van der Waals surface area contributed by atoms with Gasteiger partial charge in [0.15, 0.2) is 8.32 Å². The lowest BCUT2D eigenvalue weighted by atomic mass is 9.95. The first kappa shape index (κ1) is 32.4. The molecule has 1 aliphatic heterocycles. The summed E-state index contributed by atoms with van der Waals surface area (Å²) in [7, 11) is -1.07. The quantitative estimate of drug-likeness (QED) is 0.230. The smallest absolute Gasteiger partial charge is 0.255 e. The van der Waals surface area contributed by atoms with Crippen molar-refractivity contribution in [3.05, 3.63) is 95.6 Å². The fourth-order valence-electron chi connectivity index (χ4n) is 6.18. The average molecular weight is 605 g/mol. The molecule has 0 aromatic heterocycles. The number of anilines is 1. The van der Waals surface area contributed by atoms with E-state index in [4.69, 9.17) is 9.47 Å². The molecule has 1 aliphatic rings. The van der Waals surface area contributed by atoms with Crippen LogP contribution in [0.25, 0.3) is 0 Å². The van der Waals surface area contributed by atoms with E-state index in [1.807, 2.05) is 67.7 Å². The molecule has 3 N–H and O–H groups in total. The first-order valence-electron chi connectivity index (χ1n) is 14.9. The van der Waals surface area contributed by atoms with E-state index in [-0.39, 0.29) is 55.1 Å². The molecular weight excluding hydrogens is 560 g/mol. The van der Waals surface area contributed by atoms with Crippen LogP contribution in [0.4, 0.5) is 5.69 Å². The fraction of sp³-hybridized carbons (Fsp3) is 0.412. The van der Waals surface area contributed by atoms with Gasteiger partial charge in [-0.05, 0) is 79.4 Å². The van der Waals surface area contributed by atoms with Crippen LogP contribution >= 0.6 is 0 Å². The van der Waals surface area contributed by atoms with Gasteiger partial charge < -0.3 is 29.6 Å². The van der Waals surface area contributed by atoms with Crippen LogP contribution in [-0.4, -0.2) is 67.4 Å². The lowest BCUT2D eigenvalue weighted by Gasteiger charge is -2.31. The molecule has 0 spiro atoms. The maximum absolute atomic E-state index is 13.4. The lowest BCUT2D eigenvalue weighted by molar-refractivity contribution is -0.135. The number of aliphatic hydroxyl groups excluding tert-OH is 1. The second-order valence-corrected chi connectivity index (χ2v) is 15.9. The standard InChI is InChI=1S/C34H44N2O6Si/c1-24-30(18-13-25-11-8-12-28(21-25)35-34(39)27-14-16-29(41-2)17-15-27)42-31(33(24)43(3,4)40)22-32(38)36(19-20-37)23-26-9-6-5-7-10-26/h5-12,14-17,21,24,30-31,33,37,40H,13,18-20,22-23H2,1-4H3,(H,35,39)/t24-,30+,31-,33+/m0/s1. The van der Waals surface area contributed by atoms with Crippen molar-refractivity contribution in [3.63, 3.8) is 0 Å². The zero-order valence-electron chi connectivity index (χ0n) is 25.5. The molecule has 0 unspecified atom stereocenters. The van der Waals surface area contributed by atoms with Gasteiger partial charge in [0, 0.05) is 29.9 Å². The molecule has 2 amide bonds. The maximum atomic E-state index is 13.4. The minimum absolute atomic E-state index is 0.0840. The summed E-state index contributed by atoms with van der Waals surface area (Å²) in [5.74, 6) is 0.500. The molecule has 0 bridgehead atoms. The number of ether oxygens (including phenoxy) is 2. The van der Waals surface area contributed by atoms with Crippen molar-refractivity contribution < 1.29 is 29.0 Å². The van der Waals surface area contributed by atoms with Gasteiger partial charge in [0.05, 0.1) is 32.3 Å². The Labute approximate surface area is 255 Å². The van der Waals surface area contributed by atoms with E-state index in [0.29, 0.717) is 23.5 Å². The predicted molar refractivity (Wildman–Crippen MR) is 171 cm³/mol. The Hall–Kier alpha value is -3.50. The molecule has 1 saturated heterocycles. The van der Waals surface area contributed by atoms with Gasteiger partial charge in [-0.3, -0.25) is 9.59 Å². The highest BCUT2D eigenvalue weighted by atomic mass is 28.4. The zero-order valence-corrected chi connectivity index (χ0v) is 26.5. The van der Waals surface area contributed by atoms with E-state index in [9.17, 15) is 19.5 Å². The van der Waals surface area contributed by atoms with Crippen LogP contribution < -0.4 is 10.1 Å². The summed E-state index contributed by atoms with van der Waals surface area (Å²) in [6.07, 6.45) is 1.13. The third kappa shape index (κ3) is 8.76. The number of hydrogen-bond acceptors (Lipinski definition) is 6. The monoisotopic (exact) mass is 604 g/mol. The van der Waals surface area contributed by atoms with Gasteiger partial charge in [-0.2, -0.15) is 0 Å². The zero-order chi connectivity index (χ0) is 31.0. The van der Waals surface area contributed by atoms with Gasteiger partial charge in [0.25, 0.3) is 5.91 Å². The van der Waals surface area contributed by atoms with Crippen molar-refractivity contribution in [1.29, 1.82) is 0 Å². The molecule has 0 saturated carbocycles. The highest BCUT2D eigenvalue weighted by Crippen LogP contribution is 2.45. The predicted octanol–water partition coefficient (Wildman–Crippen LogP) is 5.26. The number of rotatable bonds is 13. The fourth-order valence-corrected chi connectivity index (χ4v) is 8.79. The van der Waals surface area contributed by atoms with Crippen LogP contribution in [0.2, 0.25) is 18.6 Å². The summed E-state index contributed by atoms with van der Waals surface area (Å²) in [6, 6.07) is 24.5. The number of carbonyl (C=O) groups excluding carboxylic acids is 2. The number of hydrogen-bond donors (Lipinski definition) is 3. The molecule has 230 valence electrons. The average Bonchev–Trinajstić information content (AvgIpc) is 3.31. The molecule has 8 nitrogen and oxygen atoms in total. The number of nitrogens with one attached hydrogen (secondary N) is 1. The van der Waals surface area contributed by atoms with Crippen molar-refractivity contribution in [3.8, 4) is 5.75 Å². The Morgan fingerprint density at radius 2 is 1.67 bits per heavy atom. The minimum Gasteiger partial charge on any atom is -0.497 e. The largest absolute Gasteiger partial charge is 0.497 e. The Morgan fingerprint density at radius 1 is 0.977 bits per heavy atom. The molecule has 43 heavy (non-hydrogen) atoms. The van der Waals surface area contributed by atoms with Crippen LogP contribution in [0.5, 0.6) is 5.75 Å². The second kappa shape index (κ2) is 14.8. The van der Waals surface area contributed by atoms with Crippen molar-refractivity contribution in [2.24, 2.45) is 5.92 Å². The molecule has 0 radical (unpaired) electrons. The third-order valence-electron chi connectivity index (χ3n) is 8.29. The van der Waals surface area contributed by atoms with E-state index >= 15 is 0 Å². The van der Waals surface area contributed by atoms with Crippen LogP contribution in [0.1, 0.15) is 41.3 Å². The molecule has 4 atom stereocenters. The summed E-state index contributed by atoms with van der Waals surface area (Å²) in [6.45, 7) is 6.50. The number of aliphatic hydroxyl groups is 1. The van der Waals surface area contributed by atoms with E-state index in [1.165, 1.54) is 0 Å². The summed E-state index contributed by atoms with van der Waals surface area (Å²) in [4.78, 5) is 39.1. The number of amides is 2. The summed E-state index contributed by atoms with van der Waals surface area (Å²) in [5.41, 5.74) is 3.23. The highest BCUT2D eigenvalue weighted by molar-refractivity contribution is 6.71. The maximum Gasteiger partial charge on any atom is 0.255 e. The van der Waals surface area contributed by atoms with Crippen LogP contribution in [0.15, 0.2) is 78.9 Å². The normalized spacial score (nSPS) is 20.0. The first-order chi connectivity index (χ1) is 20.6. The molecule has 1 fully saturated rings. The van der Waals surface area contributed by atoms with Crippen LogP contribution in [0, 0.1) is 5.92 Å². The topological polar surface area (TPSA) is 108 Å². The molecule has 3 aromatic rings. The minimum atomic E-state index is -2.66. The van der Waals surface area contributed by atoms with Crippen molar-refractivity contribution >= 4 is 25.8 Å². The van der Waals surface area contributed by atoms with Gasteiger partial charge in [-0.1, -0.05) is 49.4 Å². The Kier molecular flexibility index (Phi) is 11.1. The van der Waals surface area contributed by atoms with Gasteiger partial charge in [-0.25, -0.2) is 0 Å². The van der Waals surface area contributed by atoms with Crippen molar-refractivity contribution in [2.75, 3.05) is 25.6 Å². The third-order valence-corrected chi connectivity index (χ3v) is 10.8. The Balaban J connectivity index is 1.39. The summed E-state index contributed by atoms with van der Waals surface area (Å²) >= 11 is 0. The van der Waals surface area contributed by atoms with Crippen molar-refractivity contribution in [2.45, 2.75) is 63.6 Å². The molecular formula is C34H44N2O6Si. The Bertz CT molecular complexity index is 1340. The van der Waals surface area contributed by atoms with E-state index in [1.54, 1.807) is 36.3 Å². The number of nitrogens with zero attached hydrogens (tertiary/aromatic N) is 1. The lowest BCUT2D eigenvalue weighted by Crippen LogP contribution is -2.42. The van der Waals surface area contributed by atoms with Crippen LogP contribution in [0.3, 0.4) is 0 Å². The Morgan fingerprint density at radius 3 is 2.33 bits per heavy atom. The van der Waals surface area contributed by atoms with Crippen molar-refractivity contribution in [1.82, 2.24) is 4.90 Å². The van der Waals surface area contributed by atoms with Gasteiger partial charge in [-0.15, -0.1) is 0 Å². The van der Waals surface area contributed by atoms with Gasteiger partial charge >= 0.3 is 0 Å². The van der Waals surface area contributed by atoms with E-state index < -0.39 is 8.32 Å². The summed E-state index contributed by atoms with van der Waals surface area (Å²) < 4.78 is 11.7. The van der Waals surface area contributed by atoms with Gasteiger partial charge in [0.1, 0.15) is 5.75 Å². The SMILES string of the molecule is COc1ccc(C(=O)Nc2cccc(CC[C@H]3O[C@@H](CC(=O)N(CCO)Cc4ccccc4)[C@H]([Si](C)(C)O)[C@H]3C)c2)cc1.